The molecule has 0 aliphatic carbocycles. The van der Waals surface area contributed by atoms with Crippen molar-refractivity contribution in [1.82, 2.24) is 25.2 Å². The first-order valence-electron chi connectivity index (χ1n) is 9.67. The van der Waals surface area contributed by atoms with Crippen LogP contribution in [0.3, 0.4) is 0 Å². The molecule has 2 N–H and O–H groups in total. The lowest BCUT2D eigenvalue weighted by Gasteiger charge is -2.18. The van der Waals surface area contributed by atoms with E-state index >= 15 is 0 Å². The minimum atomic E-state index is 0.549. The predicted molar refractivity (Wildman–Crippen MR) is 118 cm³/mol. The highest BCUT2D eigenvalue weighted by atomic mass is 79.9. The lowest BCUT2D eigenvalue weighted by Crippen LogP contribution is -2.41. The highest BCUT2D eigenvalue weighted by Gasteiger charge is 2.10. The normalized spacial score (nSPS) is 12.9. The van der Waals surface area contributed by atoms with Gasteiger partial charge in [0.05, 0.1) is 0 Å². The second kappa shape index (κ2) is 10.2. The molecule has 2 heterocycles. The molecule has 0 spiro atoms. The Bertz CT molecular complexity index is 920. The van der Waals surface area contributed by atoms with Gasteiger partial charge >= 0.3 is 0 Å². The molecule has 6 nitrogen and oxygen atoms in total. The topological polar surface area (TPSA) is 66.6 Å². The van der Waals surface area contributed by atoms with Crippen LogP contribution in [-0.2, 0) is 12.8 Å². The zero-order valence-corrected chi connectivity index (χ0v) is 18.0. The molecule has 2 aromatic heterocycles. The number of guanidine groups is 1. The lowest BCUT2D eigenvalue weighted by molar-refractivity contribution is 0.493. The molecule has 1 unspecified atom stereocenters. The highest BCUT2D eigenvalue weighted by Crippen LogP contribution is 2.16. The predicted octanol–water partition coefficient (Wildman–Crippen LogP) is 3.47. The molecule has 0 saturated heterocycles. The highest BCUT2D eigenvalue weighted by molar-refractivity contribution is 9.10. The van der Waals surface area contributed by atoms with Crippen molar-refractivity contribution in [2.45, 2.75) is 26.2 Å². The van der Waals surface area contributed by atoms with E-state index < -0.39 is 0 Å². The molecule has 0 radical (unpaired) electrons. The maximum Gasteiger partial charge on any atom is 0.190 e. The van der Waals surface area contributed by atoms with Crippen LogP contribution >= 0.6 is 15.9 Å². The third-order valence-electron chi connectivity index (χ3n) is 4.80. The number of nitrogens with zero attached hydrogens (tertiary/aromatic N) is 4. The van der Waals surface area contributed by atoms with Crippen molar-refractivity contribution >= 4 is 27.5 Å². The first-order chi connectivity index (χ1) is 13.7. The SMILES string of the molecule is CCC(CNC(=NC)NCCc1nnc2ccccn12)Cc1cccc(Br)c1. The number of pyridine rings is 1. The van der Waals surface area contributed by atoms with Gasteiger partial charge in [0, 0.05) is 37.2 Å². The van der Waals surface area contributed by atoms with Crippen LogP contribution in [0.2, 0.25) is 0 Å². The maximum atomic E-state index is 4.34. The number of halogens is 1. The van der Waals surface area contributed by atoms with Crippen LogP contribution in [0.15, 0.2) is 58.1 Å². The van der Waals surface area contributed by atoms with Gasteiger partial charge in [0.1, 0.15) is 5.82 Å². The fraction of sp³-hybridized carbons (Fsp3) is 0.381. The van der Waals surface area contributed by atoms with E-state index in [0.29, 0.717) is 5.92 Å². The van der Waals surface area contributed by atoms with Crippen LogP contribution < -0.4 is 10.6 Å². The summed E-state index contributed by atoms with van der Waals surface area (Å²) < 4.78 is 3.15. The number of aromatic nitrogens is 3. The van der Waals surface area contributed by atoms with E-state index in [4.69, 9.17) is 0 Å². The second-order valence-electron chi connectivity index (χ2n) is 6.78. The van der Waals surface area contributed by atoms with Crippen molar-refractivity contribution in [2.24, 2.45) is 10.9 Å². The van der Waals surface area contributed by atoms with E-state index in [9.17, 15) is 0 Å². The zero-order chi connectivity index (χ0) is 19.8. The van der Waals surface area contributed by atoms with Crippen molar-refractivity contribution in [3.63, 3.8) is 0 Å². The molecule has 0 aliphatic heterocycles. The van der Waals surface area contributed by atoms with Crippen molar-refractivity contribution < 1.29 is 0 Å². The largest absolute Gasteiger partial charge is 0.356 e. The van der Waals surface area contributed by atoms with Crippen molar-refractivity contribution in [3.8, 4) is 0 Å². The van der Waals surface area contributed by atoms with Gasteiger partial charge in [-0.25, -0.2) is 0 Å². The van der Waals surface area contributed by atoms with Crippen LogP contribution in [-0.4, -0.2) is 40.7 Å². The van der Waals surface area contributed by atoms with E-state index in [1.165, 1.54) is 5.56 Å². The van der Waals surface area contributed by atoms with E-state index in [2.05, 4.69) is 72.9 Å². The van der Waals surface area contributed by atoms with Gasteiger partial charge in [-0.3, -0.25) is 9.39 Å². The first-order valence-corrected chi connectivity index (χ1v) is 10.5. The summed E-state index contributed by atoms with van der Waals surface area (Å²) in [6.45, 7) is 3.87. The third kappa shape index (κ3) is 5.55. The Morgan fingerprint density at radius 1 is 1.18 bits per heavy atom. The Hall–Kier alpha value is -2.41. The van der Waals surface area contributed by atoms with Gasteiger partial charge in [0.25, 0.3) is 0 Å². The molecule has 1 atom stereocenters. The summed E-state index contributed by atoms with van der Waals surface area (Å²) in [5, 5.41) is 15.3. The average Bonchev–Trinajstić information content (AvgIpc) is 3.12. The summed E-state index contributed by atoms with van der Waals surface area (Å²) in [5.74, 6) is 2.31. The Morgan fingerprint density at radius 3 is 2.86 bits per heavy atom. The molecule has 0 saturated carbocycles. The fourth-order valence-electron chi connectivity index (χ4n) is 3.17. The second-order valence-corrected chi connectivity index (χ2v) is 7.70. The Balaban J connectivity index is 1.47. The minimum absolute atomic E-state index is 0.549. The molecule has 28 heavy (non-hydrogen) atoms. The number of benzene rings is 1. The monoisotopic (exact) mass is 442 g/mol. The molecule has 0 fully saturated rings. The summed E-state index contributed by atoms with van der Waals surface area (Å²) in [7, 11) is 1.80. The summed E-state index contributed by atoms with van der Waals surface area (Å²) >= 11 is 3.55. The Morgan fingerprint density at radius 2 is 2.07 bits per heavy atom. The van der Waals surface area contributed by atoms with Crippen molar-refractivity contribution in [2.75, 3.05) is 20.1 Å². The Kier molecular flexibility index (Phi) is 7.42. The van der Waals surface area contributed by atoms with Gasteiger partial charge < -0.3 is 10.6 Å². The van der Waals surface area contributed by atoms with Gasteiger partial charge in [-0.05, 0) is 42.2 Å². The fourth-order valence-corrected chi connectivity index (χ4v) is 3.62. The number of fused-ring (bicyclic) bond motifs is 1. The van der Waals surface area contributed by atoms with Gasteiger partial charge in [0.15, 0.2) is 11.6 Å². The number of aliphatic imine (C=N–C) groups is 1. The summed E-state index contributed by atoms with van der Waals surface area (Å²) in [6, 6.07) is 14.4. The van der Waals surface area contributed by atoms with E-state index in [0.717, 1.165) is 54.3 Å². The molecule has 0 amide bonds. The lowest BCUT2D eigenvalue weighted by atomic mass is 9.97. The van der Waals surface area contributed by atoms with Crippen LogP contribution in [0.25, 0.3) is 5.65 Å². The molecule has 3 rings (SSSR count). The van der Waals surface area contributed by atoms with E-state index in [-0.39, 0.29) is 0 Å². The molecule has 148 valence electrons. The molecular weight excluding hydrogens is 416 g/mol. The molecule has 1 aromatic carbocycles. The average molecular weight is 443 g/mol. The number of nitrogens with one attached hydrogen (secondary N) is 2. The van der Waals surface area contributed by atoms with Crippen LogP contribution in [0.1, 0.15) is 24.7 Å². The number of hydrogen-bond donors (Lipinski definition) is 2. The molecule has 0 aliphatic rings. The number of rotatable bonds is 8. The van der Waals surface area contributed by atoms with Crippen LogP contribution in [0, 0.1) is 5.92 Å². The van der Waals surface area contributed by atoms with E-state index in [1.54, 1.807) is 7.05 Å². The number of hydrogen-bond acceptors (Lipinski definition) is 3. The summed E-state index contributed by atoms with van der Waals surface area (Å²) in [4.78, 5) is 4.34. The molecule has 3 aromatic rings. The van der Waals surface area contributed by atoms with Gasteiger partial charge in [-0.2, -0.15) is 0 Å². The Labute approximate surface area is 174 Å². The van der Waals surface area contributed by atoms with Crippen molar-refractivity contribution in [3.05, 3.63) is 64.5 Å². The van der Waals surface area contributed by atoms with Gasteiger partial charge in [-0.15, -0.1) is 10.2 Å². The van der Waals surface area contributed by atoms with Gasteiger partial charge in [0.2, 0.25) is 0 Å². The first kappa shape index (κ1) is 20.3. The molecule has 0 bridgehead atoms. The van der Waals surface area contributed by atoms with Gasteiger partial charge in [-0.1, -0.05) is 47.5 Å². The summed E-state index contributed by atoms with van der Waals surface area (Å²) in [6.07, 6.45) is 4.93. The maximum absolute atomic E-state index is 4.34. The minimum Gasteiger partial charge on any atom is -0.356 e. The third-order valence-corrected chi connectivity index (χ3v) is 5.29. The van der Waals surface area contributed by atoms with E-state index in [1.807, 2.05) is 28.8 Å². The van der Waals surface area contributed by atoms with Crippen molar-refractivity contribution in [1.29, 1.82) is 0 Å². The standard InChI is InChI=1S/C21H27BrN6/c1-3-16(13-17-7-6-8-18(22)14-17)15-25-21(23-2)24-11-10-20-27-26-19-9-4-5-12-28(19)20/h4-9,12,14,16H,3,10-11,13,15H2,1-2H3,(H2,23,24,25). The van der Waals surface area contributed by atoms with Crippen LogP contribution in [0.5, 0.6) is 0 Å². The summed E-state index contributed by atoms with van der Waals surface area (Å²) in [5.41, 5.74) is 2.22. The van der Waals surface area contributed by atoms with Crippen LogP contribution in [0.4, 0.5) is 0 Å². The smallest absolute Gasteiger partial charge is 0.190 e. The zero-order valence-electron chi connectivity index (χ0n) is 16.4. The molecular formula is C21H27BrN6. The quantitative estimate of drug-likeness (QED) is 0.413. The molecule has 7 heteroatoms.